The Morgan fingerprint density at radius 2 is 0.867 bits per heavy atom. The van der Waals surface area contributed by atoms with Crippen LogP contribution >= 0.6 is 0 Å². The minimum Gasteiger partial charge on any atom is -1.00 e. The van der Waals surface area contributed by atoms with Crippen molar-refractivity contribution in [2.24, 2.45) is 43.1 Å². The van der Waals surface area contributed by atoms with Crippen molar-refractivity contribution in [3.05, 3.63) is 0 Å². The van der Waals surface area contributed by atoms with E-state index in [0.29, 0.717) is 22.1 Å². The van der Waals surface area contributed by atoms with Gasteiger partial charge in [0.05, 0.1) is 42.3 Å². The molecule has 0 aliphatic carbocycles. The molecule has 14 heteroatoms. The Bertz CT molecular complexity index is 528. The van der Waals surface area contributed by atoms with E-state index in [9.17, 15) is 0 Å². The Morgan fingerprint density at radius 1 is 0.633 bits per heavy atom. The van der Waals surface area contributed by atoms with Gasteiger partial charge in [-0.05, 0) is 13.8 Å². The molecule has 0 atom stereocenters. The van der Waals surface area contributed by atoms with E-state index in [2.05, 4.69) is 20.2 Å². The minimum atomic E-state index is 0. The quantitative estimate of drug-likeness (QED) is 0.137. The Balaban J connectivity index is -0.000000211. The lowest BCUT2D eigenvalue weighted by molar-refractivity contribution is -0.783. The molecule has 0 radical (unpaired) electrons. The lowest BCUT2D eigenvalue weighted by Gasteiger charge is -2.29. The van der Waals surface area contributed by atoms with Crippen molar-refractivity contribution < 1.29 is 33.8 Å². The molecule has 0 bridgehead atoms. The van der Waals surface area contributed by atoms with Gasteiger partial charge in [-0.15, -0.1) is 10.2 Å². The highest BCUT2D eigenvalue weighted by Gasteiger charge is 2.24. The summed E-state index contributed by atoms with van der Waals surface area (Å²) in [6.45, 7) is 5.29. The third kappa shape index (κ3) is 14.0. The van der Waals surface area contributed by atoms with Gasteiger partial charge in [-0.1, -0.05) is 0 Å². The van der Waals surface area contributed by atoms with Crippen molar-refractivity contribution in [3.63, 3.8) is 0 Å². The summed E-state index contributed by atoms with van der Waals surface area (Å²) in [5.41, 5.74) is 21.3. The van der Waals surface area contributed by atoms with Gasteiger partial charge in [0.2, 0.25) is 11.9 Å². The molecule has 0 heterocycles. The molecule has 0 aliphatic heterocycles. The van der Waals surface area contributed by atoms with Crippen LogP contribution in [0.3, 0.4) is 0 Å². The fourth-order valence-corrected chi connectivity index (χ4v) is 2.32. The number of nitrogens with two attached hydrogens (primary N) is 4. The molecule has 0 rings (SSSR count). The molecule has 0 aromatic carbocycles. The lowest BCUT2D eigenvalue weighted by Crippen LogP contribution is -3.00. The van der Waals surface area contributed by atoms with Gasteiger partial charge in [0, 0.05) is 27.2 Å². The Hall–Kier alpha value is -2.02. The van der Waals surface area contributed by atoms with E-state index in [-0.39, 0.29) is 36.7 Å². The maximum Gasteiger partial charge on any atom is 0.320 e. The lowest BCUT2D eigenvalue weighted by atomic mass is 10.6. The van der Waals surface area contributed by atoms with E-state index in [1.165, 1.54) is 0 Å². The largest absolute Gasteiger partial charge is 1.00 e. The minimum absolute atomic E-state index is 0. The monoisotopic (exact) mass is 472 g/mol. The van der Waals surface area contributed by atoms with E-state index < -0.39 is 0 Å². The molecule has 0 aromatic heterocycles. The van der Waals surface area contributed by atoms with Crippen LogP contribution in [-0.2, 0) is 0 Å². The number of nitrogens with zero attached hydrogens (tertiary/aromatic N) is 8. The van der Waals surface area contributed by atoms with E-state index in [4.69, 9.17) is 22.9 Å². The summed E-state index contributed by atoms with van der Waals surface area (Å²) in [7, 11) is 15.5. The van der Waals surface area contributed by atoms with Crippen molar-refractivity contribution >= 4 is 23.8 Å². The molecule has 0 aromatic rings. The van der Waals surface area contributed by atoms with Crippen LogP contribution in [0.25, 0.3) is 0 Å². The molecule has 30 heavy (non-hydrogen) atoms. The highest BCUT2D eigenvalue weighted by Crippen LogP contribution is 2.03. The van der Waals surface area contributed by atoms with Crippen LogP contribution in [0, 0.1) is 0 Å². The van der Waals surface area contributed by atoms with Crippen LogP contribution in [0.1, 0.15) is 13.8 Å². The second kappa shape index (κ2) is 15.8. The van der Waals surface area contributed by atoms with E-state index in [1.54, 1.807) is 24.1 Å². The molecule has 12 nitrogen and oxygen atoms in total. The van der Waals surface area contributed by atoms with Gasteiger partial charge in [0.25, 0.3) is 0 Å². The topological polar surface area (TPSA) is 160 Å². The molecular weight excluding hydrogens is 431 g/mol. The molecule has 0 saturated carbocycles. The summed E-state index contributed by atoms with van der Waals surface area (Å²) in [5.74, 6) is 1.70. The molecular formula is C16H42Cl2N12. The first kappa shape index (κ1) is 35.4. The zero-order valence-electron chi connectivity index (χ0n) is 20.1. The zero-order valence-corrected chi connectivity index (χ0v) is 21.6. The van der Waals surface area contributed by atoms with Crippen molar-refractivity contribution in [1.29, 1.82) is 0 Å². The predicted molar refractivity (Wildman–Crippen MR) is 119 cm³/mol. The third-order valence-corrected chi connectivity index (χ3v) is 3.13. The molecule has 0 aliphatic rings. The molecule has 8 N–H and O–H groups in total. The van der Waals surface area contributed by atoms with Crippen molar-refractivity contribution in [3.8, 4) is 0 Å². The first-order valence-corrected chi connectivity index (χ1v) is 8.97. The Kier molecular flexibility index (Phi) is 18.6. The molecule has 0 spiro atoms. The number of hydrogen-bond donors (Lipinski definition) is 4. The number of rotatable bonds is 4. The number of guanidine groups is 4. The van der Waals surface area contributed by atoms with Gasteiger partial charge in [-0.2, -0.15) is 10.0 Å². The number of aliphatic imine (C=N–C) groups is 2. The normalized spacial score (nSPS) is 11.7. The average Bonchev–Trinajstić information content (AvgIpc) is 2.51. The van der Waals surface area contributed by atoms with Gasteiger partial charge in [0.1, 0.15) is 0 Å². The highest BCUT2D eigenvalue weighted by atomic mass is 35.5. The van der Waals surface area contributed by atoms with Gasteiger partial charge in [0.15, 0.2) is 0 Å². The summed E-state index contributed by atoms with van der Waals surface area (Å²) in [5, 5.41) is 11.4. The summed E-state index contributed by atoms with van der Waals surface area (Å²) in [6.07, 6.45) is 0. The third-order valence-electron chi connectivity index (χ3n) is 3.13. The Labute approximate surface area is 194 Å². The van der Waals surface area contributed by atoms with Gasteiger partial charge >= 0.3 is 11.9 Å². The summed E-state index contributed by atoms with van der Waals surface area (Å²) in [4.78, 5) is 8.36. The van der Waals surface area contributed by atoms with Crippen molar-refractivity contribution in [2.75, 3.05) is 69.5 Å². The van der Waals surface area contributed by atoms with E-state index in [1.807, 2.05) is 56.1 Å². The summed E-state index contributed by atoms with van der Waals surface area (Å²) in [6, 6.07) is 0. The predicted octanol–water partition coefficient (Wildman–Crippen LogP) is -7.61. The van der Waals surface area contributed by atoms with E-state index in [0.717, 1.165) is 11.9 Å². The van der Waals surface area contributed by atoms with Gasteiger partial charge < -0.3 is 47.7 Å². The summed E-state index contributed by atoms with van der Waals surface area (Å²) >= 11 is 0. The second-order valence-electron chi connectivity index (χ2n) is 7.55. The second-order valence-corrected chi connectivity index (χ2v) is 7.55. The maximum atomic E-state index is 5.33. The van der Waals surface area contributed by atoms with Crippen molar-refractivity contribution in [1.82, 2.24) is 10.0 Å². The van der Waals surface area contributed by atoms with Crippen LogP contribution in [0.2, 0.25) is 0 Å². The van der Waals surface area contributed by atoms with E-state index >= 15 is 0 Å². The SMILES string of the molecule is CCN(N=C(N)N)C(=NC)[N+](C)(C)C.CCN(N=C(N)N)C(=NC)[N+](C)(C)C.[Cl-].[Cl-]. The first-order valence-electron chi connectivity index (χ1n) is 8.97. The van der Waals surface area contributed by atoms with Gasteiger partial charge in [-0.3, -0.25) is 8.97 Å². The van der Waals surface area contributed by atoms with Crippen LogP contribution < -0.4 is 47.7 Å². The van der Waals surface area contributed by atoms with Crippen LogP contribution in [0.15, 0.2) is 20.2 Å². The maximum absolute atomic E-state index is 5.33. The molecule has 0 unspecified atom stereocenters. The highest BCUT2D eigenvalue weighted by molar-refractivity contribution is 5.80. The van der Waals surface area contributed by atoms with Crippen LogP contribution in [0.5, 0.6) is 0 Å². The van der Waals surface area contributed by atoms with Crippen molar-refractivity contribution in [2.45, 2.75) is 13.8 Å². The zero-order chi connectivity index (χ0) is 22.7. The number of quaternary nitrogens is 2. The van der Waals surface area contributed by atoms with Crippen LogP contribution in [0.4, 0.5) is 0 Å². The molecule has 180 valence electrons. The van der Waals surface area contributed by atoms with Crippen LogP contribution in [-0.4, -0.2) is 112 Å². The standard InChI is InChI=1S/2C8H21N6.2ClH/c2*1-6-13(12-7(9)10)8(11-2)14(3,4)5;;/h2*6H2,1-5H3,(H4,9,10,12);2*1H/q2*+1;;/p-2. The fourth-order valence-electron chi connectivity index (χ4n) is 2.32. The number of hydrogen-bond acceptors (Lipinski definition) is 4. The smallest absolute Gasteiger partial charge is 0.320 e. The average molecular weight is 474 g/mol. The van der Waals surface area contributed by atoms with Gasteiger partial charge in [-0.25, -0.2) is 9.98 Å². The summed E-state index contributed by atoms with van der Waals surface area (Å²) < 4.78 is 1.14. The molecule has 0 saturated heterocycles. The first-order chi connectivity index (χ1) is 12.6. The molecule has 0 amide bonds. The Morgan fingerprint density at radius 3 is 0.967 bits per heavy atom. The number of halogens is 2. The number of hydrazone groups is 2. The molecule has 0 fully saturated rings. The fraction of sp³-hybridized carbons (Fsp3) is 0.750.